The molecule has 2 aliphatic heterocycles. The summed E-state index contributed by atoms with van der Waals surface area (Å²) in [5.41, 5.74) is 9.22. The van der Waals surface area contributed by atoms with Gasteiger partial charge in [-0.3, -0.25) is 4.79 Å². The van der Waals surface area contributed by atoms with E-state index >= 15 is 0 Å². The maximum absolute atomic E-state index is 10.9. The van der Waals surface area contributed by atoms with Crippen LogP contribution in [0, 0.1) is 0 Å². The van der Waals surface area contributed by atoms with E-state index in [1.54, 1.807) is 0 Å². The van der Waals surface area contributed by atoms with Crippen molar-refractivity contribution in [3.8, 4) is 0 Å². The second-order valence-electron chi connectivity index (χ2n) is 4.01. The number of hydrogen-bond donors (Lipinski definition) is 1. The summed E-state index contributed by atoms with van der Waals surface area (Å²) in [5, 5.41) is 0. The second kappa shape index (κ2) is 2.50. The minimum atomic E-state index is 0.244. The molecule has 1 aromatic rings. The lowest BCUT2D eigenvalue weighted by molar-refractivity contribution is -0.120. The summed E-state index contributed by atoms with van der Waals surface area (Å²) < 4.78 is 0. The molecule has 2 aliphatic rings. The Hall–Kier alpha value is -1.51. The van der Waals surface area contributed by atoms with Crippen molar-refractivity contribution in [3.63, 3.8) is 0 Å². The third-order valence-corrected chi connectivity index (χ3v) is 3.42. The molecule has 2 heterocycles. The predicted molar refractivity (Wildman–Crippen MR) is 53.5 cm³/mol. The summed E-state index contributed by atoms with van der Waals surface area (Å²) in [4.78, 5) is 12.8. The van der Waals surface area contributed by atoms with E-state index in [4.69, 9.17) is 5.73 Å². The van der Waals surface area contributed by atoms with Gasteiger partial charge in [-0.1, -0.05) is 12.1 Å². The molecule has 0 unspecified atom stereocenters. The van der Waals surface area contributed by atoms with Gasteiger partial charge in [0, 0.05) is 11.3 Å². The molecule has 0 saturated carbocycles. The number of amides is 1. The summed E-state index contributed by atoms with van der Waals surface area (Å²) in [6, 6.07) is 6.51. The molecule has 72 valence electrons. The first-order valence-electron chi connectivity index (χ1n) is 4.94. The van der Waals surface area contributed by atoms with Gasteiger partial charge in [-0.15, -0.1) is 0 Å². The van der Waals surface area contributed by atoms with Crippen molar-refractivity contribution in [2.24, 2.45) is 0 Å². The second-order valence-corrected chi connectivity index (χ2v) is 4.01. The van der Waals surface area contributed by atoms with Gasteiger partial charge in [-0.25, -0.2) is 0 Å². The van der Waals surface area contributed by atoms with Gasteiger partial charge in [0.1, 0.15) is 0 Å². The number of carbonyl (C=O) groups excluding carboxylic acids is 1. The van der Waals surface area contributed by atoms with Crippen LogP contribution >= 0.6 is 0 Å². The van der Waals surface area contributed by atoms with Gasteiger partial charge in [-0.05, 0) is 24.5 Å². The van der Waals surface area contributed by atoms with Crippen molar-refractivity contribution in [3.05, 3.63) is 29.3 Å². The number of carbonyl (C=O) groups is 1. The molecular formula is C11H12N2O. The van der Waals surface area contributed by atoms with Crippen molar-refractivity contribution < 1.29 is 4.79 Å². The van der Waals surface area contributed by atoms with E-state index in [9.17, 15) is 4.79 Å². The van der Waals surface area contributed by atoms with E-state index in [1.165, 1.54) is 11.1 Å². The van der Waals surface area contributed by atoms with Gasteiger partial charge in [0.05, 0.1) is 12.1 Å². The molecule has 1 aromatic carbocycles. The highest BCUT2D eigenvalue weighted by atomic mass is 16.1. The number of rotatable bonds is 1. The van der Waals surface area contributed by atoms with Crippen LogP contribution in [0.4, 0.5) is 5.69 Å². The van der Waals surface area contributed by atoms with Gasteiger partial charge in [0.25, 0.3) is 0 Å². The fraction of sp³-hybridized carbons (Fsp3) is 0.364. The SMILES string of the molecule is Nc1cccc2c1[C@H]1CC[C@@H]2N1C=O. The van der Waals surface area contributed by atoms with Crippen LogP contribution < -0.4 is 5.73 Å². The summed E-state index contributed by atoms with van der Waals surface area (Å²) in [7, 11) is 0. The number of anilines is 1. The maximum Gasteiger partial charge on any atom is 0.210 e. The van der Waals surface area contributed by atoms with Crippen LogP contribution in [0.3, 0.4) is 0 Å². The van der Waals surface area contributed by atoms with E-state index in [2.05, 4.69) is 6.07 Å². The number of benzene rings is 1. The third kappa shape index (κ3) is 0.750. The highest BCUT2D eigenvalue weighted by Crippen LogP contribution is 2.53. The minimum absolute atomic E-state index is 0.244. The number of hydrogen-bond acceptors (Lipinski definition) is 2. The fourth-order valence-electron chi connectivity index (χ4n) is 2.86. The quantitative estimate of drug-likeness (QED) is 0.537. The zero-order valence-corrected chi connectivity index (χ0v) is 7.81. The molecule has 0 radical (unpaired) electrons. The van der Waals surface area contributed by atoms with E-state index < -0.39 is 0 Å². The van der Waals surface area contributed by atoms with Gasteiger partial charge >= 0.3 is 0 Å². The lowest BCUT2D eigenvalue weighted by Gasteiger charge is -2.15. The Balaban J connectivity index is 2.21. The van der Waals surface area contributed by atoms with Gasteiger partial charge in [0.15, 0.2) is 0 Å². The molecular weight excluding hydrogens is 176 g/mol. The van der Waals surface area contributed by atoms with Gasteiger partial charge < -0.3 is 10.6 Å². The number of nitrogen functional groups attached to an aromatic ring is 1. The van der Waals surface area contributed by atoms with Crippen molar-refractivity contribution in [1.82, 2.24) is 4.90 Å². The first-order chi connectivity index (χ1) is 6.83. The van der Waals surface area contributed by atoms with Gasteiger partial charge in [-0.2, -0.15) is 0 Å². The maximum atomic E-state index is 10.9. The zero-order chi connectivity index (χ0) is 9.71. The summed E-state index contributed by atoms with van der Waals surface area (Å²) in [6.45, 7) is 0. The lowest BCUT2D eigenvalue weighted by Crippen LogP contribution is -2.16. The number of fused-ring (bicyclic) bond motifs is 5. The largest absolute Gasteiger partial charge is 0.398 e. The molecule has 2 N–H and O–H groups in total. The Kier molecular flexibility index (Phi) is 1.40. The molecule has 0 aliphatic carbocycles. The van der Waals surface area contributed by atoms with Crippen LogP contribution in [-0.2, 0) is 4.79 Å². The van der Waals surface area contributed by atoms with Crippen LogP contribution in [0.25, 0.3) is 0 Å². The average Bonchev–Trinajstić information content (AvgIpc) is 2.73. The molecule has 3 rings (SSSR count). The first kappa shape index (κ1) is 7.85. The molecule has 14 heavy (non-hydrogen) atoms. The summed E-state index contributed by atoms with van der Waals surface area (Å²) in [5.74, 6) is 0. The van der Waals surface area contributed by atoms with Crippen LogP contribution in [0.2, 0.25) is 0 Å². The van der Waals surface area contributed by atoms with Gasteiger partial charge in [0.2, 0.25) is 6.41 Å². The van der Waals surface area contributed by atoms with E-state index in [0.717, 1.165) is 24.9 Å². The predicted octanol–water partition coefficient (Wildman–Crippen LogP) is 1.62. The smallest absolute Gasteiger partial charge is 0.210 e. The standard InChI is InChI=1S/C11H12N2O/c12-8-3-1-2-7-9-4-5-10(11(7)8)13(9)6-14/h1-3,6,9-10H,4-5,12H2/t9-,10+/m0/s1. The summed E-state index contributed by atoms with van der Waals surface area (Å²) in [6.07, 6.45) is 3.10. The minimum Gasteiger partial charge on any atom is -0.398 e. The van der Waals surface area contributed by atoms with E-state index in [-0.39, 0.29) is 12.1 Å². The Bertz CT molecular complexity index is 402. The first-order valence-corrected chi connectivity index (χ1v) is 4.94. The van der Waals surface area contributed by atoms with Crippen molar-refractivity contribution in [2.75, 3.05) is 5.73 Å². The Labute approximate surface area is 82.5 Å². The van der Waals surface area contributed by atoms with Crippen molar-refractivity contribution in [2.45, 2.75) is 24.9 Å². The molecule has 2 atom stereocenters. The number of nitrogens with zero attached hydrogens (tertiary/aromatic N) is 1. The molecule has 1 fully saturated rings. The molecule has 3 nitrogen and oxygen atoms in total. The fourth-order valence-corrected chi connectivity index (χ4v) is 2.86. The van der Waals surface area contributed by atoms with Crippen LogP contribution in [0.5, 0.6) is 0 Å². The normalized spacial score (nSPS) is 27.9. The topological polar surface area (TPSA) is 46.3 Å². The molecule has 1 amide bonds. The molecule has 1 saturated heterocycles. The average molecular weight is 188 g/mol. The third-order valence-electron chi connectivity index (χ3n) is 3.42. The Morgan fingerprint density at radius 2 is 2.14 bits per heavy atom. The molecule has 0 spiro atoms. The van der Waals surface area contributed by atoms with Crippen LogP contribution in [-0.4, -0.2) is 11.3 Å². The summed E-state index contributed by atoms with van der Waals surface area (Å²) >= 11 is 0. The Morgan fingerprint density at radius 3 is 2.86 bits per heavy atom. The highest BCUT2D eigenvalue weighted by molar-refractivity contribution is 5.63. The molecule has 2 bridgehead atoms. The van der Waals surface area contributed by atoms with E-state index in [1.807, 2.05) is 17.0 Å². The monoisotopic (exact) mass is 188 g/mol. The lowest BCUT2D eigenvalue weighted by atomic mass is 9.91. The zero-order valence-electron chi connectivity index (χ0n) is 7.81. The van der Waals surface area contributed by atoms with E-state index in [0.29, 0.717) is 0 Å². The Morgan fingerprint density at radius 1 is 1.36 bits per heavy atom. The molecule has 0 aromatic heterocycles. The highest BCUT2D eigenvalue weighted by Gasteiger charge is 2.43. The molecule has 3 heteroatoms. The van der Waals surface area contributed by atoms with Crippen molar-refractivity contribution >= 4 is 12.1 Å². The van der Waals surface area contributed by atoms with Crippen LogP contribution in [0.1, 0.15) is 36.1 Å². The van der Waals surface area contributed by atoms with Crippen LogP contribution in [0.15, 0.2) is 18.2 Å². The van der Waals surface area contributed by atoms with Crippen molar-refractivity contribution in [1.29, 1.82) is 0 Å². The number of nitrogens with two attached hydrogens (primary N) is 1.